The fourth-order valence-corrected chi connectivity index (χ4v) is 3.41. The Morgan fingerprint density at radius 3 is 2.28 bits per heavy atom. The first kappa shape index (κ1) is 17.8. The average molecular weight is 344 g/mol. The molecule has 136 valence electrons. The van der Waals surface area contributed by atoms with E-state index in [9.17, 15) is 9.59 Å². The molecule has 0 radical (unpaired) electrons. The molecule has 2 amide bonds. The van der Waals surface area contributed by atoms with Crippen molar-refractivity contribution < 1.29 is 14.3 Å². The van der Waals surface area contributed by atoms with E-state index >= 15 is 0 Å². The number of carbonyl (C=O) groups excluding carboxylic acids is 2. The lowest BCUT2D eigenvalue weighted by Gasteiger charge is -2.20. The number of nitrogens with zero attached hydrogens (tertiary/aromatic N) is 1. The Kier molecular flexibility index (Phi) is 5.61. The van der Waals surface area contributed by atoms with Crippen LogP contribution in [-0.2, 0) is 9.59 Å². The first-order valence-corrected chi connectivity index (χ1v) is 9.41. The second-order valence-corrected chi connectivity index (χ2v) is 7.37. The number of hydrogen-bond donors (Lipinski definition) is 1. The lowest BCUT2D eigenvalue weighted by Crippen LogP contribution is -2.34. The van der Waals surface area contributed by atoms with Gasteiger partial charge in [-0.1, -0.05) is 12.8 Å². The average Bonchev–Trinajstić information content (AvgIpc) is 3.39. The summed E-state index contributed by atoms with van der Waals surface area (Å²) >= 11 is 0. The van der Waals surface area contributed by atoms with E-state index in [0.717, 1.165) is 37.4 Å². The Bertz CT molecular complexity index is 604. The zero-order valence-corrected chi connectivity index (χ0v) is 15.2. The van der Waals surface area contributed by atoms with E-state index in [4.69, 9.17) is 4.74 Å². The third-order valence-corrected chi connectivity index (χ3v) is 4.86. The molecule has 2 aliphatic rings. The van der Waals surface area contributed by atoms with Gasteiger partial charge >= 0.3 is 0 Å². The van der Waals surface area contributed by atoms with Gasteiger partial charge in [-0.15, -0.1) is 0 Å². The van der Waals surface area contributed by atoms with Gasteiger partial charge in [0.25, 0.3) is 0 Å². The lowest BCUT2D eigenvalue weighted by molar-refractivity contribution is -0.134. The van der Waals surface area contributed by atoms with E-state index in [1.165, 1.54) is 12.8 Å². The second kappa shape index (κ2) is 7.89. The van der Waals surface area contributed by atoms with Crippen LogP contribution in [0.1, 0.15) is 46.0 Å². The minimum atomic E-state index is -0.178. The third-order valence-electron chi connectivity index (χ3n) is 4.86. The first-order valence-electron chi connectivity index (χ1n) is 9.41. The number of hydrogen-bond acceptors (Lipinski definition) is 3. The second-order valence-electron chi connectivity index (χ2n) is 7.37. The molecule has 1 N–H and O–H groups in total. The minimum absolute atomic E-state index is 0.0503. The molecule has 2 fully saturated rings. The van der Waals surface area contributed by atoms with E-state index in [1.807, 2.05) is 43.0 Å². The Balaban J connectivity index is 1.50. The highest BCUT2D eigenvalue weighted by molar-refractivity contribution is 5.99. The summed E-state index contributed by atoms with van der Waals surface area (Å²) in [6.07, 6.45) is 5.37. The molecule has 1 aliphatic carbocycles. The molecule has 1 aromatic rings. The third kappa shape index (κ3) is 4.74. The van der Waals surface area contributed by atoms with E-state index < -0.39 is 0 Å². The van der Waals surface area contributed by atoms with Crippen LogP contribution < -0.4 is 10.1 Å². The van der Waals surface area contributed by atoms with Crippen LogP contribution in [0.5, 0.6) is 5.75 Å². The lowest BCUT2D eigenvalue weighted by atomic mass is 10.2. The standard InChI is InChI=1S/C20H28N2O3/c1-14(2)25-16-9-7-15(8-10-16)21-19(23)17-13-18(17)20(24)22-11-5-3-4-6-12-22/h7-10,14,17-18H,3-6,11-13H2,1-2H3,(H,21,23). The number of amides is 2. The van der Waals surface area contributed by atoms with Crippen molar-refractivity contribution in [3.63, 3.8) is 0 Å². The molecular weight excluding hydrogens is 316 g/mol. The molecule has 1 saturated carbocycles. The summed E-state index contributed by atoms with van der Waals surface area (Å²) in [6, 6.07) is 7.37. The summed E-state index contributed by atoms with van der Waals surface area (Å²) in [4.78, 5) is 26.9. The van der Waals surface area contributed by atoms with Gasteiger partial charge in [-0.25, -0.2) is 0 Å². The van der Waals surface area contributed by atoms with E-state index in [2.05, 4.69) is 5.32 Å². The Morgan fingerprint density at radius 1 is 1.04 bits per heavy atom. The van der Waals surface area contributed by atoms with Crippen molar-refractivity contribution in [2.24, 2.45) is 11.8 Å². The van der Waals surface area contributed by atoms with Gasteiger partial charge in [0.05, 0.1) is 17.9 Å². The largest absolute Gasteiger partial charge is 0.491 e. The van der Waals surface area contributed by atoms with Crippen molar-refractivity contribution in [3.05, 3.63) is 24.3 Å². The fraction of sp³-hybridized carbons (Fsp3) is 0.600. The van der Waals surface area contributed by atoms with Gasteiger partial charge < -0.3 is 15.0 Å². The molecule has 1 aliphatic heterocycles. The monoisotopic (exact) mass is 344 g/mol. The van der Waals surface area contributed by atoms with Crippen molar-refractivity contribution in [1.29, 1.82) is 0 Å². The molecular formula is C20H28N2O3. The number of likely N-dealkylation sites (tertiary alicyclic amines) is 1. The molecule has 2 unspecified atom stereocenters. The highest BCUT2D eigenvalue weighted by Crippen LogP contribution is 2.41. The predicted octanol–water partition coefficient (Wildman–Crippen LogP) is 3.45. The smallest absolute Gasteiger partial charge is 0.228 e. The van der Waals surface area contributed by atoms with Crippen LogP contribution >= 0.6 is 0 Å². The maximum absolute atomic E-state index is 12.6. The van der Waals surface area contributed by atoms with Crippen LogP contribution in [0.15, 0.2) is 24.3 Å². The van der Waals surface area contributed by atoms with Crippen LogP contribution in [0.3, 0.4) is 0 Å². The van der Waals surface area contributed by atoms with E-state index in [1.54, 1.807) is 0 Å². The molecule has 1 heterocycles. The van der Waals surface area contributed by atoms with Crippen LogP contribution in [0.25, 0.3) is 0 Å². The predicted molar refractivity (Wildman–Crippen MR) is 97.5 cm³/mol. The fourth-order valence-electron chi connectivity index (χ4n) is 3.41. The highest BCUT2D eigenvalue weighted by atomic mass is 16.5. The van der Waals surface area contributed by atoms with Crippen molar-refractivity contribution in [2.45, 2.75) is 52.1 Å². The van der Waals surface area contributed by atoms with Crippen molar-refractivity contribution in [3.8, 4) is 5.75 Å². The number of benzene rings is 1. The summed E-state index contributed by atoms with van der Waals surface area (Å²) in [5, 5.41) is 2.92. The molecule has 0 spiro atoms. The molecule has 1 saturated heterocycles. The zero-order chi connectivity index (χ0) is 17.8. The molecule has 0 bridgehead atoms. The number of carbonyl (C=O) groups is 2. The Labute approximate surface area is 149 Å². The summed E-state index contributed by atoms with van der Waals surface area (Å²) in [6.45, 7) is 5.65. The summed E-state index contributed by atoms with van der Waals surface area (Å²) in [5.74, 6) is 0.603. The Morgan fingerprint density at radius 2 is 1.68 bits per heavy atom. The maximum atomic E-state index is 12.6. The highest BCUT2D eigenvalue weighted by Gasteiger charge is 2.49. The van der Waals surface area contributed by atoms with Gasteiger partial charge in [-0.2, -0.15) is 0 Å². The van der Waals surface area contributed by atoms with E-state index in [-0.39, 0.29) is 29.8 Å². The SMILES string of the molecule is CC(C)Oc1ccc(NC(=O)C2CC2C(=O)N2CCCCCC2)cc1. The van der Waals surface area contributed by atoms with Gasteiger partial charge in [0.15, 0.2) is 0 Å². The molecule has 5 heteroatoms. The molecule has 3 rings (SSSR count). The molecule has 2 atom stereocenters. The van der Waals surface area contributed by atoms with Gasteiger partial charge in [-0.05, 0) is 57.4 Å². The number of ether oxygens (including phenoxy) is 1. The van der Waals surface area contributed by atoms with E-state index in [0.29, 0.717) is 6.42 Å². The Hall–Kier alpha value is -2.04. The number of anilines is 1. The van der Waals surface area contributed by atoms with Crippen LogP contribution in [-0.4, -0.2) is 35.9 Å². The summed E-state index contributed by atoms with van der Waals surface area (Å²) in [7, 11) is 0. The van der Waals surface area contributed by atoms with Crippen molar-refractivity contribution >= 4 is 17.5 Å². The summed E-state index contributed by atoms with van der Waals surface area (Å²) < 4.78 is 5.60. The number of nitrogens with one attached hydrogen (secondary N) is 1. The summed E-state index contributed by atoms with van der Waals surface area (Å²) in [5.41, 5.74) is 0.744. The minimum Gasteiger partial charge on any atom is -0.491 e. The molecule has 0 aromatic heterocycles. The quantitative estimate of drug-likeness (QED) is 0.890. The molecule has 1 aromatic carbocycles. The number of rotatable bonds is 5. The van der Waals surface area contributed by atoms with Gasteiger partial charge in [0.2, 0.25) is 11.8 Å². The molecule has 5 nitrogen and oxygen atoms in total. The zero-order valence-electron chi connectivity index (χ0n) is 15.2. The van der Waals surface area contributed by atoms with Crippen LogP contribution in [0, 0.1) is 11.8 Å². The van der Waals surface area contributed by atoms with Crippen molar-refractivity contribution in [1.82, 2.24) is 4.90 Å². The maximum Gasteiger partial charge on any atom is 0.228 e. The normalized spacial score (nSPS) is 23.1. The van der Waals surface area contributed by atoms with Crippen LogP contribution in [0.2, 0.25) is 0 Å². The first-order chi connectivity index (χ1) is 12.0. The van der Waals surface area contributed by atoms with Gasteiger partial charge in [0, 0.05) is 18.8 Å². The van der Waals surface area contributed by atoms with Gasteiger partial charge in [0.1, 0.15) is 5.75 Å². The van der Waals surface area contributed by atoms with Crippen LogP contribution in [0.4, 0.5) is 5.69 Å². The van der Waals surface area contributed by atoms with Crippen molar-refractivity contribution in [2.75, 3.05) is 18.4 Å². The topological polar surface area (TPSA) is 58.6 Å². The molecule has 25 heavy (non-hydrogen) atoms. The van der Waals surface area contributed by atoms with Gasteiger partial charge in [-0.3, -0.25) is 9.59 Å².